The fraction of sp³-hybridized carbons (Fsp3) is 0.550. The van der Waals surface area contributed by atoms with Crippen LogP contribution < -0.4 is 26.8 Å². The molecule has 0 unspecified atom stereocenters. The van der Waals surface area contributed by atoms with Crippen molar-refractivity contribution in [3.05, 3.63) is 29.3 Å². The molecule has 0 bridgehead atoms. The SMILES string of the molecule is NC[C@H](N)C(=O)N[C@H]1CC[C@H](CC(=O)N[C@H]2Cc3cccc(C(=O)O)c3OB2O)CC1. The van der Waals surface area contributed by atoms with E-state index in [2.05, 4.69) is 10.6 Å². The topological polar surface area (TPSA) is 177 Å². The van der Waals surface area contributed by atoms with Gasteiger partial charge in [-0.05, 0) is 49.7 Å². The first kappa shape index (κ1) is 23.0. The molecule has 1 saturated carbocycles. The van der Waals surface area contributed by atoms with Crippen molar-refractivity contribution in [2.24, 2.45) is 17.4 Å². The third kappa shape index (κ3) is 5.75. The lowest BCUT2D eigenvalue weighted by atomic mass is 9.72. The van der Waals surface area contributed by atoms with Gasteiger partial charge in [0.1, 0.15) is 5.75 Å². The van der Waals surface area contributed by atoms with E-state index in [1.165, 1.54) is 6.07 Å². The van der Waals surface area contributed by atoms with Crippen molar-refractivity contribution < 1.29 is 29.2 Å². The van der Waals surface area contributed by atoms with Gasteiger partial charge in [-0.25, -0.2) is 4.79 Å². The van der Waals surface area contributed by atoms with Gasteiger partial charge < -0.3 is 36.9 Å². The fourth-order valence-corrected chi connectivity index (χ4v) is 4.17. The van der Waals surface area contributed by atoms with Crippen LogP contribution in [0.4, 0.5) is 0 Å². The number of fused-ring (bicyclic) bond motifs is 1. The van der Waals surface area contributed by atoms with E-state index in [4.69, 9.17) is 16.1 Å². The summed E-state index contributed by atoms with van der Waals surface area (Å²) in [5.74, 6) is -1.91. The summed E-state index contributed by atoms with van der Waals surface area (Å²) in [5.41, 5.74) is 11.6. The molecule has 168 valence electrons. The lowest BCUT2D eigenvalue weighted by Crippen LogP contribution is -2.53. The zero-order valence-corrected chi connectivity index (χ0v) is 17.3. The highest BCUT2D eigenvalue weighted by Gasteiger charge is 2.38. The van der Waals surface area contributed by atoms with Crippen LogP contribution in [0, 0.1) is 5.92 Å². The van der Waals surface area contributed by atoms with Crippen molar-refractivity contribution in [1.29, 1.82) is 0 Å². The number of nitrogens with two attached hydrogens (primary N) is 2. The van der Waals surface area contributed by atoms with Crippen LogP contribution in [-0.4, -0.2) is 59.6 Å². The molecule has 8 N–H and O–H groups in total. The average Bonchev–Trinajstić information content (AvgIpc) is 2.74. The number of hydrogen-bond acceptors (Lipinski definition) is 7. The third-order valence-electron chi connectivity index (χ3n) is 5.95. The Balaban J connectivity index is 1.48. The standard InChI is InChI=1S/C20H29BN4O6/c22-10-15(23)19(27)24-13-6-4-11(5-7-13)8-17(26)25-16-9-12-2-1-3-14(20(28)29)18(12)31-21(16)30/h1-3,11,13,15-16,30H,4-10,22-23H2,(H,24,27)(H,25,26)(H,28,29)/t11-,13-,15-,16-/m0/s1. The molecule has 1 aliphatic carbocycles. The monoisotopic (exact) mass is 432 g/mol. The minimum Gasteiger partial charge on any atom is -0.534 e. The number of rotatable bonds is 7. The summed E-state index contributed by atoms with van der Waals surface area (Å²) >= 11 is 0. The quantitative estimate of drug-likeness (QED) is 0.303. The lowest BCUT2D eigenvalue weighted by Gasteiger charge is -2.31. The smallest absolute Gasteiger partial charge is 0.534 e. The Kier molecular flexibility index (Phi) is 7.53. The van der Waals surface area contributed by atoms with Gasteiger partial charge in [0.2, 0.25) is 11.8 Å². The minimum absolute atomic E-state index is 0.0161. The molecule has 1 fully saturated rings. The summed E-state index contributed by atoms with van der Waals surface area (Å²) in [6, 6.07) is 4.08. The molecule has 10 nitrogen and oxygen atoms in total. The van der Waals surface area contributed by atoms with Crippen LogP contribution in [0.1, 0.15) is 48.0 Å². The van der Waals surface area contributed by atoms with Crippen LogP contribution in [0.15, 0.2) is 18.2 Å². The molecule has 0 spiro atoms. The molecular weight excluding hydrogens is 403 g/mol. The number of para-hydroxylation sites is 1. The van der Waals surface area contributed by atoms with Gasteiger partial charge in [0.15, 0.2) is 0 Å². The third-order valence-corrected chi connectivity index (χ3v) is 5.95. The summed E-state index contributed by atoms with van der Waals surface area (Å²) in [6.45, 7) is 0.0974. The van der Waals surface area contributed by atoms with Crippen molar-refractivity contribution in [2.75, 3.05) is 6.54 Å². The number of carboxylic acids is 1. The average molecular weight is 432 g/mol. The van der Waals surface area contributed by atoms with E-state index in [0.717, 1.165) is 25.7 Å². The van der Waals surface area contributed by atoms with E-state index < -0.39 is 25.1 Å². The number of carbonyl (C=O) groups excluding carboxylic acids is 2. The molecule has 1 aromatic carbocycles. The van der Waals surface area contributed by atoms with Crippen LogP contribution >= 0.6 is 0 Å². The molecule has 0 saturated heterocycles. The first-order valence-corrected chi connectivity index (χ1v) is 10.5. The number of benzene rings is 1. The molecular formula is C20H29BN4O6. The molecule has 31 heavy (non-hydrogen) atoms. The Morgan fingerprint density at radius 2 is 1.90 bits per heavy atom. The van der Waals surface area contributed by atoms with Gasteiger partial charge in [0.25, 0.3) is 0 Å². The zero-order chi connectivity index (χ0) is 22.5. The van der Waals surface area contributed by atoms with Gasteiger partial charge in [-0.2, -0.15) is 0 Å². The van der Waals surface area contributed by atoms with E-state index in [9.17, 15) is 24.5 Å². The Morgan fingerprint density at radius 3 is 2.55 bits per heavy atom. The highest BCUT2D eigenvalue weighted by Crippen LogP contribution is 2.31. The number of hydrogen-bond donors (Lipinski definition) is 6. The second-order valence-electron chi connectivity index (χ2n) is 8.26. The first-order valence-electron chi connectivity index (χ1n) is 10.5. The predicted octanol–water partition coefficient (Wildman–Crippen LogP) is -0.825. The summed E-state index contributed by atoms with van der Waals surface area (Å²) < 4.78 is 5.41. The molecule has 0 aromatic heterocycles. The van der Waals surface area contributed by atoms with Gasteiger partial charge in [-0.15, -0.1) is 0 Å². The summed E-state index contributed by atoms with van der Waals surface area (Å²) in [4.78, 5) is 35.7. The van der Waals surface area contributed by atoms with Crippen molar-refractivity contribution in [1.82, 2.24) is 10.6 Å². The fourth-order valence-electron chi connectivity index (χ4n) is 4.17. The number of amides is 2. The summed E-state index contributed by atoms with van der Waals surface area (Å²) in [7, 11) is -1.32. The maximum atomic E-state index is 12.5. The van der Waals surface area contributed by atoms with Crippen LogP contribution in [0.3, 0.4) is 0 Å². The number of aromatic carboxylic acids is 1. The normalized spacial score (nSPS) is 23.8. The zero-order valence-electron chi connectivity index (χ0n) is 17.3. The Labute approximate surface area is 180 Å². The van der Waals surface area contributed by atoms with Gasteiger partial charge in [0.05, 0.1) is 17.5 Å². The van der Waals surface area contributed by atoms with Gasteiger partial charge in [-0.3, -0.25) is 9.59 Å². The van der Waals surface area contributed by atoms with E-state index in [1.54, 1.807) is 12.1 Å². The Bertz CT molecular complexity index is 830. The van der Waals surface area contributed by atoms with E-state index in [1.807, 2.05) is 0 Å². The maximum Gasteiger partial charge on any atom is 0.547 e. The van der Waals surface area contributed by atoms with Gasteiger partial charge >= 0.3 is 13.1 Å². The molecule has 2 aliphatic rings. The number of carboxylic acid groups (broad SMARTS) is 1. The van der Waals surface area contributed by atoms with E-state index in [0.29, 0.717) is 12.0 Å². The van der Waals surface area contributed by atoms with E-state index in [-0.39, 0.29) is 48.1 Å². The number of nitrogens with one attached hydrogen (secondary N) is 2. The molecule has 3 rings (SSSR count). The predicted molar refractivity (Wildman–Crippen MR) is 113 cm³/mol. The molecule has 2 amide bonds. The largest absolute Gasteiger partial charge is 0.547 e. The van der Waals surface area contributed by atoms with Crippen molar-refractivity contribution in [3.8, 4) is 5.75 Å². The van der Waals surface area contributed by atoms with E-state index >= 15 is 0 Å². The highest BCUT2D eigenvalue weighted by molar-refractivity contribution is 6.47. The van der Waals surface area contributed by atoms with Crippen molar-refractivity contribution in [3.63, 3.8) is 0 Å². The van der Waals surface area contributed by atoms with Crippen LogP contribution in [0.25, 0.3) is 0 Å². The molecule has 0 radical (unpaired) electrons. The van der Waals surface area contributed by atoms with Crippen molar-refractivity contribution in [2.45, 2.75) is 56.5 Å². The van der Waals surface area contributed by atoms with Crippen LogP contribution in [-0.2, 0) is 16.0 Å². The summed E-state index contributed by atoms with van der Waals surface area (Å²) in [5, 5.41) is 25.2. The maximum absolute atomic E-state index is 12.5. The second kappa shape index (κ2) is 10.1. The highest BCUT2D eigenvalue weighted by atomic mass is 16.5. The molecule has 11 heteroatoms. The second-order valence-corrected chi connectivity index (χ2v) is 8.26. The lowest BCUT2D eigenvalue weighted by molar-refractivity contribution is -0.124. The Morgan fingerprint density at radius 1 is 1.19 bits per heavy atom. The van der Waals surface area contributed by atoms with Crippen LogP contribution in [0.2, 0.25) is 0 Å². The summed E-state index contributed by atoms with van der Waals surface area (Å²) in [6.07, 6.45) is 3.72. The molecule has 1 heterocycles. The minimum atomic E-state index is -1.32. The van der Waals surface area contributed by atoms with Crippen molar-refractivity contribution >= 4 is 24.9 Å². The van der Waals surface area contributed by atoms with Gasteiger partial charge in [-0.1, -0.05) is 12.1 Å². The molecule has 2 atom stereocenters. The molecule has 1 aromatic rings. The number of carbonyl (C=O) groups is 3. The first-order chi connectivity index (χ1) is 14.8. The molecule has 1 aliphatic heterocycles. The Hall–Kier alpha value is -2.63. The van der Waals surface area contributed by atoms with Crippen LogP contribution in [0.5, 0.6) is 5.75 Å². The van der Waals surface area contributed by atoms with Gasteiger partial charge in [0, 0.05) is 19.0 Å².